The number of nitrogens with one attached hydrogen (secondary N) is 2. The Hall–Kier alpha value is -2.36. The summed E-state index contributed by atoms with van der Waals surface area (Å²) in [6, 6.07) is 7.56. The van der Waals surface area contributed by atoms with Gasteiger partial charge in [-0.15, -0.1) is 0 Å². The molecule has 1 aromatic carbocycles. The average Bonchev–Trinajstić information content (AvgIpc) is 2.43. The van der Waals surface area contributed by atoms with Crippen molar-refractivity contribution in [3.05, 3.63) is 53.3 Å². The van der Waals surface area contributed by atoms with Crippen molar-refractivity contribution >= 4 is 17.3 Å². The first-order valence-corrected chi connectivity index (χ1v) is 6.13. The first-order chi connectivity index (χ1) is 9.13. The Balaban J connectivity index is 2.28. The van der Waals surface area contributed by atoms with Crippen LogP contribution in [-0.4, -0.2) is 17.9 Å². The van der Waals surface area contributed by atoms with Crippen LogP contribution in [0.4, 0.5) is 11.4 Å². The fraction of sp³-hybridized carbons (Fsp3) is 0.200. The van der Waals surface area contributed by atoms with E-state index in [2.05, 4.69) is 15.6 Å². The van der Waals surface area contributed by atoms with Crippen molar-refractivity contribution in [2.45, 2.75) is 13.8 Å². The summed E-state index contributed by atoms with van der Waals surface area (Å²) in [5, 5.41) is 5.90. The van der Waals surface area contributed by atoms with Crippen LogP contribution >= 0.6 is 0 Å². The zero-order chi connectivity index (χ0) is 13.8. The topological polar surface area (TPSA) is 54.0 Å². The fourth-order valence-electron chi connectivity index (χ4n) is 1.87. The van der Waals surface area contributed by atoms with E-state index in [0.717, 1.165) is 16.8 Å². The second kappa shape index (κ2) is 5.52. The number of aromatic nitrogens is 1. The second-order valence-electron chi connectivity index (χ2n) is 4.37. The van der Waals surface area contributed by atoms with E-state index in [0.29, 0.717) is 11.3 Å². The lowest BCUT2D eigenvalue weighted by molar-refractivity contribution is 0.102. The molecule has 98 valence electrons. The van der Waals surface area contributed by atoms with Crippen molar-refractivity contribution in [1.82, 2.24) is 4.98 Å². The van der Waals surface area contributed by atoms with Crippen LogP contribution < -0.4 is 10.6 Å². The Labute approximate surface area is 112 Å². The zero-order valence-electron chi connectivity index (χ0n) is 11.3. The van der Waals surface area contributed by atoms with Gasteiger partial charge in [0, 0.05) is 18.9 Å². The summed E-state index contributed by atoms with van der Waals surface area (Å²) in [6.45, 7) is 4.02. The summed E-state index contributed by atoms with van der Waals surface area (Å²) in [4.78, 5) is 16.3. The molecule has 1 heterocycles. The molecule has 0 saturated heterocycles. The highest BCUT2D eigenvalue weighted by Crippen LogP contribution is 2.20. The number of hydrogen-bond acceptors (Lipinski definition) is 3. The molecule has 0 aliphatic heterocycles. The third kappa shape index (κ3) is 2.73. The molecule has 1 amide bonds. The Morgan fingerprint density at radius 3 is 2.68 bits per heavy atom. The van der Waals surface area contributed by atoms with Crippen molar-refractivity contribution in [3.8, 4) is 0 Å². The third-order valence-electron chi connectivity index (χ3n) is 3.19. The highest BCUT2D eigenvalue weighted by Gasteiger charge is 2.12. The predicted octanol–water partition coefficient (Wildman–Crippen LogP) is 2.99. The minimum absolute atomic E-state index is 0.138. The van der Waals surface area contributed by atoms with Crippen LogP contribution in [0.25, 0.3) is 0 Å². The maximum atomic E-state index is 12.3. The lowest BCUT2D eigenvalue weighted by atomic mass is 10.1. The summed E-state index contributed by atoms with van der Waals surface area (Å²) in [5.74, 6) is -0.138. The molecule has 1 aromatic heterocycles. The van der Waals surface area contributed by atoms with Gasteiger partial charge in [0.25, 0.3) is 5.91 Å². The number of pyridine rings is 1. The molecule has 0 aliphatic rings. The first-order valence-electron chi connectivity index (χ1n) is 6.13. The van der Waals surface area contributed by atoms with Gasteiger partial charge in [0.2, 0.25) is 0 Å². The van der Waals surface area contributed by atoms with Crippen LogP contribution in [0.1, 0.15) is 21.5 Å². The molecule has 4 heteroatoms. The number of hydrogen-bond donors (Lipinski definition) is 2. The summed E-state index contributed by atoms with van der Waals surface area (Å²) in [6.07, 6.45) is 3.25. The van der Waals surface area contributed by atoms with Gasteiger partial charge in [0.05, 0.1) is 17.4 Å². The molecule has 2 aromatic rings. The number of nitrogens with zero attached hydrogens (tertiary/aromatic N) is 1. The maximum absolute atomic E-state index is 12.3. The minimum atomic E-state index is -0.138. The van der Waals surface area contributed by atoms with Gasteiger partial charge < -0.3 is 10.6 Å². The van der Waals surface area contributed by atoms with Gasteiger partial charge in [0.1, 0.15) is 0 Å². The molecule has 0 unspecified atom stereocenters. The minimum Gasteiger partial charge on any atom is -0.386 e. The molecule has 0 spiro atoms. The van der Waals surface area contributed by atoms with Gasteiger partial charge in [-0.1, -0.05) is 12.1 Å². The van der Waals surface area contributed by atoms with E-state index < -0.39 is 0 Å². The summed E-state index contributed by atoms with van der Waals surface area (Å²) in [5.41, 5.74) is 4.37. The van der Waals surface area contributed by atoms with Crippen LogP contribution in [-0.2, 0) is 0 Å². The van der Waals surface area contributed by atoms with Crippen LogP contribution in [0.2, 0.25) is 0 Å². The molecule has 0 saturated carbocycles. The van der Waals surface area contributed by atoms with Crippen molar-refractivity contribution < 1.29 is 4.79 Å². The molecule has 2 N–H and O–H groups in total. The molecule has 0 radical (unpaired) electrons. The lowest BCUT2D eigenvalue weighted by Crippen LogP contribution is -2.15. The Bertz CT molecular complexity index is 608. The number of anilines is 2. The van der Waals surface area contributed by atoms with Gasteiger partial charge >= 0.3 is 0 Å². The number of amides is 1. The van der Waals surface area contributed by atoms with Crippen LogP contribution in [0.15, 0.2) is 36.7 Å². The highest BCUT2D eigenvalue weighted by atomic mass is 16.1. The van der Waals surface area contributed by atoms with Gasteiger partial charge in [-0.25, -0.2) is 0 Å². The van der Waals surface area contributed by atoms with E-state index in [4.69, 9.17) is 0 Å². The fourth-order valence-corrected chi connectivity index (χ4v) is 1.87. The van der Waals surface area contributed by atoms with E-state index >= 15 is 0 Å². The van der Waals surface area contributed by atoms with Crippen LogP contribution in [0.3, 0.4) is 0 Å². The SMILES string of the molecule is CNc1cnccc1C(=O)Nc1cccc(C)c1C. The molecule has 19 heavy (non-hydrogen) atoms. The molecule has 0 atom stereocenters. The van der Waals surface area contributed by atoms with Crippen molar-refractivity contribution in [3.63, 3.8) is 0 Å². The normalized spacial score (nSPS) is 10.1. The number of benzene rings is 1. The van der Waals surface area contributed by atoms with E-state index in [9.17, 15) is 4.79 Å². The Morgan fingerprint density at radius 1 is 1.16 bits per heavy atom. The van der Waals surface area contributed by atoms with Crippen LogP contribution in [0.5, 0.6) is 0 Å². The van der Waals surface area contributed by atoms with Gasteiger partial charge in [-0.3, -0.25) is 9.78 Å². The summed E-state index contributed by atoms with van der Waals surface area (Å²) in [7, 11) is 1.77. The second-order valence-corrected chi connectivity index (χ2v) is 4.37. The number of rotatable bonds is 3. The standard InChI is InChI=1S/C15H17N3O/c1-10-5-4-6-13(11(10)2)18-15(19)12-7-8-17-9-14(12)16-3/h4-9,16H,1-3H3,(H,18,19). The molecular weight excluding hydrogens is 238 g/mol. The Kier molecular flexibility index (Phi) is 3.80. The summed E-state index contributed by atoms with van der Waals surface area (Å²) < 4.78 is 0. The smallest absolute Gasteiger partial charge is 0.257 e. The third-order valence-corrected chi connectivity index (χ3v) is 3.19. The van der Waals surface area contributed by atoms with E-state index in [-0.39, 0.29) is 5.91 Å². The molecule has 0 bridgehead atoms. The van der Waals surface area contributed by atoms with E-state index in [1.165, 1.54) is 0 Å². The van der Waals surface area contributed by atoms with Crippen molar-refractivity contribution in [1.29, 1.82) is 0 Å². The quantitative estimate of drug-likeness (QED) is 0.886. The number of carbonyl (C=O) groups is 1. The van der Waals surface area contributed by atoms with Gasteiger partial charge in [-0.05, 0) is 37.1 Å². The lowest BCUT2D eigenvalue weighted by Gasteiger charge is -2.12. The van der Waals surface area contributed by atoms with Crippen molar-refractivity contribution in [2.75, 3.05) is 17.7 Å². The Morgan fingerprint density at radius 2 is 1.95 bits per heavy atom. The predicted molar refractivity (Wildman–Crippen MR) is 77.7 cm³/mol. The maximum Gasteiger partial charge on any atom is 0.257 e. The number of aryl methyl sites for hydroxylation is 1. The highest BCUT2D eigenvalue weighted by molar-refractivity contribution is 6.08. The summed E-state index contributed by atoms with van der Waals surface area (Å²) >= 11 is 0. The van der Waals surface area contributed by atoms with Gasteiger partial charge in [-0.2, -0.15) is 0 Å². The molecule has 2 rings (SSSR count). The first kappa shape index (κ1) is 13.1. The molecule has 0 fully saturated rings. The largest absolute Gasteiger partial charge is 0.386 e. The van der Waals surface area contributed by atoms with Crippen LogP contribution in [0, 0.1) is 13.8 Å². The molecular formula is C15H17N3O. The molecule has 0 aliphatic carbocycles. The monoisotopic (exact) mass is 255 g/mol. The van der Waals surface area contributed by atoms with Gasteiger partial charge in [0.15, 0.2) is 0 Å². The molecule has 4 nitrogen and oxygen atoms in total. The zero-order valence-corrected chi connectivity index (χ0v) is 11.3. The van der Waals surface area contributed by atoms with E-state index in [1.807, 2.05) is 32.0 Å². The van der Waals surface area contributed by atoms with E-state index in [1.54, 1.807) is 25.5 Å². The van der Waals surface area contributed by atoms with Crippen molar-refractivity contribution in [2.24, 2.45) is 0 Å². The number of carbonyl (C=O) groups excluding carboxylic acids is 1. The average molecular weight is 255 g/mol.